The summed E-state index contributed by atoms with van der Waals surface area (Å²) in [6.07, 6.45) is 5.69. The highest BCUT2D eigenvalue weighted by Crippen LogP contribution is 2.27. The molecule has 1 atom stereocenters. The molecule has 1 unspecified atom stereocenters. The topological polar surface area (TPSA) is 17.8 Å². The lowest BCUT2D eigenvalue weighted by Crippen LogP contribution is -2.23. The van der Waals surface area contributed by atoms with Crippen molar-refractivity contribution in [1.29, 1.82) is 0 Å². The highest BCUT2D eigenvalue weighted by Gasteiger charge is 2.22. The van der Waals surface area contributed by atoms with E-state index in [0.717, 1.165) is 18.3 Å². The summed E-state index contributed by atoms with van der Waals surface area (Å²) in [4.78, 5) is 4.47. The second-order valence-corrected chi connectivity index (χ2v) is 4.67. The Labute approximate surface area is 100 Å². The van der Waals surface area contributed by atoms with Gasteiger partial charge in [0.1, 0.15) is 5.82 Å². The van der Waals surface area contributed by atoms with Crippen molar-refractivity contribution in [3.05, 3.63) is 17.7 Å². The number of fused-ring (bicyclic) bond motifs is 1. The van der Waals surface area contributed by atoms with Gasteiger partial charge in [0.15, 0.2) is 0 Å². The van der Waals surface area contributed by atoms with Gasteiger partial charge in [-0.1, -0.05) is 34.6 Å². The van der Waals surface area contributed by atoms with Gasteiger partial charge >= 0.3 is 0 Å². The summed E-state index contributed by atoms with van der Waals surface area (Å²) in [5, 5.41) is 0. The standard InChI is InChI=1S/C12H20N2.C2H6/c1-4-12-13-8-11-7-10(9(2)3)5-6-14(11)12;1-2/h8-10H,4-7H2,1-3H3;1-2H3. The third kappa shape index (κ3) is 2.66. The number of hydrogen-bond acceptors (Lipinski definition) is 1. The Hall–Kier alpha value is -0.790. The molecule has 0 spiro atoms. The Morgan fingerprint density at radius 2 is 2.12 bits per heavy atom. The van der Waals surface area contributed by atoms with Crippen molar-refractivity contribution < 1.29 is 0 Å². The smallest absolute Gasteiger partial charge is 0.108 e. The highest BCUT2D eigenvalue weighted by molar-refractivity contribution is 5.09. The molecule has 2 rings (SSSR count). The first-order valence-corrected chi connectivity index (χ1v) is 6.75. The minimum Gasteiger partial charge on any atom is -0.332 e. The summed E-state index contributed by atoms with van der Waals surface area (Å²) in [7, 11) is 0. The third-order valence-electron chi connectivity index (χ3n) is 3.47. The summed E-state index contributed by atoms with van der Waals surface area (Å²) in [5.41, 5.74) is 1.45. The fourth-order valence-corrected chi connectivity index (χ4v) is 2.41. The number of aryl methyl sites for hydroxylation is 1. The largest absolute Gasteiger partial charge is 0.332 e. The second-order valence-electron chi connectivity index (χ2n) is 4.67. The molecule has 16 heavy (non-hydrogen) atoms. The Kier molecular flexibility index (Phi) is 5.04. The van der Waals surface area contributed by atoms with E-state index in [2.05, 4.69) is 36.5 Å². The van der Waals surface area contributed by atoms with Gasteiger partial charge < -0.3 is 4.57 Å². The van der Waals surface area contributed by atoms with Crippen molar-refractivity contribution >= 4 is 0 Å². The van der Waals surface area contributed by atoms with Crippen LogP contribution in [0.4, 0.5) is 0 Å². The Bertz CT molecular complexity index is 313. The average Bonchev–Trinajstić information content (AvgIpc) is 2.73. The number of hydrogen-bond donors (Lipinski definition) is 0. The number of imidazole rings is 1. The van der Waals surface area contributed by atoms with Crippen molar-refractivity contribution in [2.45, 2.75) is 60.4 Å². The van der Waals surface area contributed by atoms with E-state index >= 15 is 0 Å². The monoisotopic (exact) mass is 222 g/mol. The molecule has 2 heterocycles. The predicted octanol–water partition coefficient (Wildman–Crippen LogP) is 3.69. The molecule has 0 saturated heterocycles. The molecule has 0 N–H and O–H groups in total. The van der Waals surface area contributed by atoms with Gasteiger partial charge in [-0.05, 0) is 24.7 Å². The van der Waals surface area contributed by atoms with Crippen molar-refractivity contribution in [2.24, 2.45) is 11.8 Å². The second kappa shape index (κ2) is 6.07. The third-order valence-corrected chi connectivity index (χ3v) is 3.47. The van der Waals surface area contributed by atoms with E-state index in [0.29, 0.717) is 0 Å². The molecular weight excluding hydrogens is 196 g/mol. The molecule has 1 aliphatic rings. The van der Waals surface area contributed by atoms with Gasteiger partial charge in [0.25, 0.3) is 0 Å². The molecule has 0 bridgehead atoms. The minimum absolute atomic E-state index is 0.809. The first kappa shape index (κ1) is 13.3. The SMILES string of the molecule is CC.CCc1ncc2n1CCC(C(C)C)C2. The normalized spacial score (nSPS) is 19.0. The van der Waals surface area contributed by atoms with Crippen LogP contribution in [0.2, 0.25) is 0 Å². The quantitative estimate of drug-likeness (QED) is 0.746. The highest BCUT2D eigenvalue weighted by atomic mass is 15.1. The molecule has 0 radical (unpaired) electrons. The molecule has 1 aliphatic heterocycles. The van der Waals surface area contributed by atoms with Gasteiger partial charge in [0.2, 0.25) is 0 Å². The first-order valence-electron chi connectivity index (χ1n) is 6.75. The molecule has 0 aromatic carbocycles. The van der Waals surface area contributed by atoms with E-state index in [1.807, 2.05) is 13.8 Å². The summed E-state index contributed by atoms with van der Waals surface area (Å²) in [6.45, 7) is 12.0. The van der Waals surface area contributed by atoms with Crippen molar-refractivity contribution in [2.75, 3.05) is 0 Å². The van der Waals surface area contributed by atoms with Crippen LogP contribution >= 0.6 is 0 Å². The Balaban J connectivity index is 0.000000606. The van der Waals surface area contributed by atoms with Gasteiger partial charge in [-0.3, -0.25) is 0 Å². The molecule has 0 saturated carbocycles. The van der Waals surface area contributed by atoms with E-state index in [4.69, 9.17) is 0 Å². The van der Waals surface area contributed by atoms with Crippen LogP contribution in [0.5, 0.6) is 0 Å². The van der Waals surface area contributed by atoms with Crippen LogP contribution in [0, 0.1) is 11.8 Å². The van der Waals surface area contributed by atoms with Crippen molar-refractivity contribution in [1.82, 2.24) is 9.55 Å². The van der Waals surface area contributed by atoms with Crippen LogP contribution in [-0.2, 0) is 19.4 Å². The minimum atomic E-state index is 0.809. The van der Waals surface area contributed by atoms with Crippen LogP contribution in [0.1, 0.15) is 52.6 Å². The van der Waals surface area contributed by atoms with Gasteiger partial charge in [0, 0.05) is 24.9 Å². The molecule has 0 amide bonds. The fraction of sp³-hybridized carbons (Fsp3) is 0.786. The van der Waals surface area contributed by atoms with Gasteiger partial charge in [-0.15, -0.1) is 0 Å². The van der Waals surface area contributed by atoms with Crippen LogP contribution < -0.4 is 0 Å². The van der Waals surface area contributed by atoms with Crippen molar-refractivity contribution in [3.8, 4) is 0 Å². The van der Waals surface area contributed by atoms with Crippen LogP contribution in [0.3, 0.4) is 0 Å². The van der Waals surface area contributed by atoms with Gasteiger partial charge in [-0.2, -0.15) is 0 Å². The average molecular weight is 222 g/mol. The maximum absolute atomic E-state index is 4.47. The molecule has 2 nitrogen and oxygen atoms in total. The number of aromatic nitrogens is 2. The maximum Gasteiger partial charge on any atom is 0.108 e. The first-order chi connectivity index (χ1) is 7.72. The van der Waals surface area contributed by atoms with E-state index in [1.54, 1.807) is 0 Å². The van der Waals surface area contributed by atoms with Crippen molar-refractivity contribution in [3.63, 3.8) is 0 Å². The molecule has 0 aliphatic carbocycles. The summed E-state index contributed by atoms with van der Waals surface area (Å²) in [5.74, 6) is 2.94. The van der Waals surface area contributed by atoms with E-state index in [-0.39, 0.29) is 0 Å². The zero-order valence-corrected chi connectivity index (χ0v) is 11.5. The molecule has 0 fully saturated rings. The number of nitrogens with zero attached hydrogens (tertiary/aromatic N) is 2. The molecule has 2 heteroatoms. The summed E-state index contributed by atoms with van der Waals surface area (Å²) >= 11 is 0. The van der Waals surface area contributed by atoms with Gasteiger partial charge in [-0.25, -0.2) is 4.98 Å². The fourth-order valence-electron chi connectivity index (χ4n) is 2.41. The molecule has 1 aromatic heterocycles. The predicted molar refractivity (Wildman–Crippen MR) is 69.6 cm³/mol. The lowest BCUT2D eigenvalue weighted by Gasteiger charge is -2.27. The Morgan fingerprint density at radius 3 is 2.69 bits per heavy atom. The zero-order chi connectivity index (χ0) is 12.1. The maximum atomic E-state index is 4.47. The van der Waals surface area contributed by atoms with E-state index < -0.39 is 0 Å². The lowest BCUT2D eigenvalue weighted by molar-refractivity contribution is 0.300. The zero-order valence-electron chi connectivity index (χ0n) is 11.5. The molecular formula is C14H26N2. The number of rotatable bonds is 2. The van der Waals surface area contributed by atoms with Crippen LogP contribution in [-0.4, -0.2) is 9.55 Å². The van der Waals surface area contributed by atoms with Crippen LogP contribution in [0.25, 0.3) is 0 Å². The summed E-state index contributed by atoms with van der Waals surface area (Å²) in [6, 6.07) is 0. The van der Waals surface area contributed by atoms with Gasteiger partial charge in [0.05, 0.1) is 0 Å². The Morgan fingerprint density at radius 1 is 1.44 bits per heavy atom. The molecule has 1 aromatic rings. The van der Waals surface area contributed by atoms with E-state index in [1.165, 1.54) is 30.9 Å². The molecule has 92 valence electrons. The summed E-state index contributed by atoms with van der Waals surface area (Å²) < 4.78 is 2.42. The lowest BCUT2D eigenvalue weighted by atomic mass is 9.86. The van der Waals surface area contributed by atoms with E-state index in [9.17, 15) is 0 Å². The van der Waals surface area contributed by atoms with Crippen LogP contribution in [0.15, 0.2) is 6.20 Å².